The van der Waals surface area contributed by atoms with Gasteiger partial charge in [0.2, 0.25) is 5.91 Å². The van der Waals surface area contributed by atoms with Gasteiger partial charge in [0, 0.05) is 11.6 Å². The lowest BCUT2D eigenvalue weighted by Crippen LogP contribution is -2.47. The third-order valence-corrected chi connectivity index (χ3v) is 3.66. The van der Waals surface area contributed by atoms with E-state index >= 15 is 0 Å². The molecule has 20 heavy (non-hydrogen) atoms. The second-order valence-corrected chi connectivity index (χ2v) is 5.84. The third-order valence-electron chi connectivity index (χ3n) is 3.41. The van der Waals surface area contributed by atoms with Crippen LogP contribution in [-0.2, 0) is 9.53 Å². The Kier molecular flexibility index (Phi) is 4.32. The van der Waals surface area contributed by atoms with Gasteiger partial charge in [-0.15, -0.1) is 0 Å². The molecule has 0 saturated carbocycles. The fraction of sp³-hybridized carbons (Fsp3) is 0.467. The van der Waals surface area contributed by atoms with Crippen LogP contribution >= 0.6 is 11.6 Å². The van der Waals surface area contributed by atoms with Crippen molar-refractivity contribution in [1.82, 2.24) is 4.90 Å². The van der Waals surface area contributed by atoms with E-state index in [1.807, 2.05) is 12.1 Å². The molecule has 1 fully saturated rings. The van der Waals surface area contributed by atoms with E-state index < -0.39 is 5.41 Å². The highest BCUT2D eigenvalue weighted by Gasteiger charge is 2.35. The van der Waals surface area contributed by atoms with Crippen LogP contribution < -0.4 is 0 Å². The zero-order valence-electron chi connectivity index (χ0n) is 11.6. The highest BCUT2D eigenvalue weighted by molar-refractivity contribution is 6.30. The molecule has 106 valence electrons. The summed E-state index contributed by atoms with van der Waals surface area (Å²) in [5.74, 6) is -0.151. The molecule has 1 aliphatic rings. The lowest BCUT2D eigenvalue weighted by atomic mass is 9.93. The zero-order valence-corrected chi connectivity index (χ0v) is 12.4. The minimum absolute atomic E-state index is 0.151. The topological polar surface area (TPSA) is 53.3 Å². The van der Waals surface area contributed by atoms with Crippen molar-refractivity contribution in [3.8, 4) is 6.07 Å². The van der Waals surface area contributed by atoms with Crippen LogP contribution in [0.5, 0.6) is 0 Å². The Bertz CT molecular complexity index is 534. The molecule has 1 saturated heterocycles. The first-order valence-electron chi connectivity index (χ1n) is 6.52. The molecule has 0 unspecified atom stereocenters. The number of hydrogen-bond acceptors (Lipinski definition) is 3. The van der Waals surface area contributed by atoms with Crippen LogP contribution in [0.3, 0.4) is 0 Å². The van der Waals surface area contributed by atoms with Gasteiger partial charge in [-0.3, -0.25) is 4.79 Å². The van der Waals surface area contributed by atoms with Crippen molar-refractivity contribution in [3.05, 3.63) is 34.9 Å². The van der Waals surface area contributed by atoms with Gasteiger partial charge in [0.1, 0.15) is 11.5 Å². The fourth-order valence-electron chi connectivity index (χ4n) is 2.16. The summed E-state index contributed by atoms with van der Waals surface area (Å²) < 4.78 is 5.71. The number of nitriles is 1. The van der Waals surface area contributed by atoms with Crippen LogP contribution in [0.2, 0.25) is 5.02 Å². The Balaban J connectivity index is 2.11. The molecule has 1 atom stereocenters. The Hall–Kier alpha value is -1.57. The number of amides is 1. The summed E-state index contributed by atoms with van der Waals surface area (Å²) in [7, 11) is 0. The Morgan fingerprint density at radius 1 is 1.45 bits per heavy atom. The van der Waals surface area contributed by atoms with Gasteiger partial charge in [0.05, 0.1) is 19.2 Å². The fourth-order valence-corrected chi connectivity index (χ4v) is 2.28. The number of hydrogen-bond donors (Lipinski definition) is 0. The van der Waals surface area contributed by atoms with Crippen molar-refractivity contribution < 1.29 is 9.53 Å². The summed E-state index contributed by atoms with van der Waals surface area (Å²) in [6.45, 7) is 4.74. The lowest BCUT2D eigenvalue weighted by Gasteiger charge is -2.35. The molecule has 1 heterocycles. The normalized spacial score (nSPS) is 19.5. The molecule has 0 spiro atoms. The second kappa shape index (κ2) is 5.82. The molecule has 1 aromatic carbocycles. The van der Waals surface area contributed by atoms with E-state index in [1.165, 1.54) is 0 Å². The van der Waals surface area contributed by atoms with E-state index in [0.717, 1.165) is 5.56 Å². The van der Waals surface area contributed by atoms with Crippen LogP contribution in [0, 0.1) is 16.7 Å². The van der Waals surface area contributed by atoms with E-state index in [-0.39, 0.29) is 12.0 Å². The molecule has 0 bridgehead atoms. The molecule has 0 aliphatic carbocycles. The average molecular weight is 293 g/mol. The van der Waals surface area contributed by atoms with Gasteiger partial charge in [-0.25, -0.2) is 0 Å². The van der Waals surface area contributed by atoms with Crippen LogP contribution in [0.25, 0.3) is 0 Å². The molecule has 1 aliphatic heterocycles. The van der Waals surface area contributed by atoms with Crippen molar-refractivity contribution in [2.75, 3.05) is 19.7 Å². The van der Waals surface area contributed by atoms with Crippen molar-refractivity contribution in [2.24, 2.45) is 5.41 Å². The molecule has 0 N–H and O–H groups in total. The van der Waals surface area contributed by atoms with Gasteiger partial charge in [-0.05, 0) is 31.5 Å². The minimum Gasteiger partial charge on any atom is -0.370 e. The van der Waals surface area contributed by atoms with Crippen molar-refractivity contribution >= 4 is 17.5 Å². The summed E-state index contributed by atoms with van der Waals surface area (Å²) in [5, 5.41) is 9.73. The summed E-state index contributed by atoms with van der Waals surface area (Å²) >= 11 is 5.87. The summed E-state index contributed by atoms with van der Waals surface area (Å²) in [4.78, 5) is 14.0. The predicted molar refractivity (Wildman–Crippen MR) is 76.1 cm³/mol. The summed E-state index contributed by atoms with van der Waals surface area (Å²) in [6, 6.07) is 9.46. The molecular formula is C15H17ClN2O2. The van der Waals surface area contributed by atoms with Gasteiger partial charge < -0.3 is 9.64 Å². The number of carbonyl (C=O) groups excluding carboxylic acids is 1. The van der Waals surface area contributed by atoms with E-state index in [4.69, 9.17) is 21.6 Å². The SMILES string of the molecule is CC(C)(C#N)C(=O)N1CCO[C@@H](c2ccc(Cl)cc2)C1. The van der Waals surface area contributed by atoms with Gasteiger partial charge >= 0.3 is 0 Å². The summed E-state index contributed by atoms with van der Waals surface area (Å²) in [5.41, 5.74) is -0.0105. The van der Waals surface area contributed by atoms with Gasteiger partial charge in [-0.2, -0.15) is 5.26 Å². The predicted octanol–water partition coefficient (Wildman–Crippen LogP) is 2.79. The highest BCUT2D eigenvalue weighted by Crippen LogP contribution is 2.26. The quantitative estimate of drug-likeness (QED) is 0.842. The number of ether oxygens (including phenoxy) is 1. The molecule has 5 heteroatoms. The maximum atomic E-state index is 12.3. The Morgan fingerprint density at radius 2 is 2.10 bits per heavy atom. The maximum Gasteiger partial charge on any atom is 0.242 e. The molecule has 0 radical (unpaired) electrons. The molecule has 4 nitrogen and oxygen atoms in total. The monoisotopic (exact) mass is 292 g/mol. The second-order valence-electron chi connectivity index (χ2n) is 5.40. The number of benzene rings is 1. The number of carbonyl (C=O) groups is 1. The van der Waals surface area contributed by atoms with Crippen LogP contribution in [-0.4, -0.2) is 30.5 Å². The number of rotatable bonds is 2. The molecule has 0 aromatic heterocycles. The number of nitrogens with zero attached hydrogens (tertiary/aromatic N) is 2. The first kappa shape index (κ1) is 14.8. The first-order valence-corrected chi connectivity index (χ1v) is 6.89. The van der Waals surface area contributed by atoms with E-state index in [9.17, 15) is 4.79 Å². The van der Waals surface area contributed by atoms with E-state index in [2.05, 4.69) is 6.07 Å². The van der Waals surface area contributed by atoms with E-state index in [0.29, 0.717) is 24.7 Å². The lowest BCUT2D eigenvalue weighted by molar-refractivity contribution is -0.145. The molecule has 2 rings (SSSR count). The molecule has 1 amide bonds. The van der Waals surface area contributed by atoms with Gasteiger partial charge in [0.15, 0.2) is 0 Å². The minimum atomic E-state index is -0.998. The van der Waals surface area contributed by atoms with E-state index in [1.54, 1.807) is 30.9 Å². The zero-order chi connectivity index (χ0) is 14.8. The molecular weight excluding hydrogens is 276 g/mol. The Labute approximate surface area is 123 Å². The Morgan fingerprint density at radius 3 is 2.70 bits per heavy atom. The van der Waals surface area contributed by atoms with Crippen molar-refractivity contribution in [2.45, 2.75) is 20.0 Å². The van der Waals surface area contributed by atoms with Crippen molar-refractivity contribution in [1.29, 1.82) is 5.26 Å². The van der Waals surface area contributed by atoms with Crippen LogP contribution in [0.15, 0.2) is 24.3 Å². The van der Waals surface area contributed by atoms with Crippen LogP contribution in [0.1, 0.15) is 25.5 Å². The standard InChI is InChI=1S/C15H17ClN2O2/c1-15(2,10-17)14(19)18-7-8-20-13(9-18)11-3-5-12(16)6-4-11/h3-6,13H,7-9H2,1-2H3/t13-/m1/s1. The third kappa shape index (κ3) is 3.12. The average Bonchev–Trinajstić information content (AvgIpc) is 2.47. The molecule has 1 aromatic rings. The van der Waals surface area contributed by atoms with Crippen LogP contribution in [0.4, 0.5) is 0 Å². The first-order chi connectivity index (χ1) is 9.44. The summed E-state index contributed by atoms with van der Waals surface area (Å²) in [6.07, 6.45) is -0.167. The maximum absolute atomic E-state index is 12.3. The van der Waals surface area contributed by atoms with Gasteiger partial charge in [-0.1, -0.05) is 23.7 Å². The van der Waals surface area contributed by atoms with Gasteiger partial charge in [0.25, 0.3) is 0 Å². The largest absolute Gasteiger partial charge is 0.370 e. The smallest absolute Gasteiger partial charge is 0.242 e. The number of halogens is 1. The highest BCUT2D eigenvalue weighted by atomic mass is 35.5. The van der Waals surface area contributed by atoms with Crippen molar-refractivity contribution in [3.63, 3.8) is 0 Å². The number of morpholine rings is 1.